The van der Waals surface area contributed by atoms with Gasteiger partial charge in [0.15, 0.2) is 0 Å². The minimum Gasteiger partial charge on any atom is -0.497 e. The number of hydrazine groups is 1. The largest absolute Gasteiger partial charge is 0.497 e. The number of hydrogen-bond donors (Lipinski definition) is 2. The average Bonchev–Trinajstić information content (AvgIpc) is 2.70. The highest BCUT2D eigenvalue weighted by atomic mass is 16.5. The zero-order valence-electron chi connectivity index (χ0n) is 9.50. The van der Waals surface area contributed by atoms with Crippen molar-refractivity contribution in [2.45, 2.75) is 12.5 Å². The van der Waals surface area contributed by atoms with Crippen LogP contribution in [0.2, 0.25) is 0 Å². The molecule has 2 aliphatic heterocycles. The highest BCUT2D eigenvalue weighted by molar-refractivity contribution is 5.69. The molecule has 2 heterocycles. The lowest BCUT2D eigenvalue weighted by Crippen LogP contribution is -2.45. The van der Waals surface area contributed by atoms with Crippen LogP contribution in [-0.2, 0) is 9.53 Å². The lowest BCUT2D eigenvalue weighted by molar-refractivity contribution is -0.138. The number of nitrogens with one attached hydrogen (secondary N) is 1. The summed E-state index contributed by atoms with van der Waals surface area (Å²) in [5, 5.41) is 10.6. The van der Waals surface area contributed by atoms with E-state index in [0.29, 0.717) is 24.5 Å². The number of allylic oxidation sites excluding steroid dienone is 3. The summed E-state index contributed by atoms with van der Waals surface area (Å²) in [6.45, 7) is 1.49. The van der Waals surface area contributed by atoms with Crippen LogP contribution < -0.4 is 5.43 Å². The molecule has 92 valence electrons. The molecule has 2 saturated heterocycles. The molecule has 3 atom stereocenters. The van der Waals surface area contributed by atoms with E-state index in [1.807, 2.05) is 12.2 Å². The first kappa shape index (κ1) is 10.8. The molecule has 5 heteroatoms. The van der Waals surface area contributed by atoms with Gasteiger partial charge in [-0.1, -0.05) is 12.2 Å². The van der Waals surface area contributed by atoms with Crippen LogP contribution in [0.3, 0.4) is 0 Å². The second-order valence-corrected chi connectivity index (χ2v) is 4.84. The van der Waals surface area contributed by atoms with Gasteiger partial charge in [0.05, 0.1) is 6.61 Å². The molecule has 0 aromatic heterocycles. The number of nitrogens with zero attached hydrogens (tertiary/aromatic N) is 1. The van der Waals surface area contributed by atoms with Crippen LogP contribution in [-0.4, -0.2) is 41.8 Å². The molecular weight excluding hydrogens is 220 g/mol. The normalized spacial score (nSPS) is 35.8. The number of hydrogen-bond acceptors (Lipinski definition) is 4. The van der Waals surface area contributed by atoms with Gasteiger partial charge in [0.2, 0.25) is 0 Å². The molecule has 0 radical (unpaired) electrons. The van der Waals surface area contributed by atoms with Crippen molar-refractivity contribution in [3.8, 4) is 0 Å². The molecule has 0 amide bonds. The van der Waals surface area contributed by atoms with Crippen molar-refractivity contribution in [1.29, 1.82) is 0 Å². The van der Waals surface area contributed by atoms with Crippen molar-refractivity contribution in [2.24, 2.45) is 11.8 Å². The fraction of sp³-hybridized carbons (Fsp3) is 0.583. The summed E-state index contributed by atoms with van der Waals surface area (Å²) in [6.07, 6.45) is 7.16. The van der Waals surface area contributed by atoms with E-state index in [9.17, 15) is 4.79 Å². The summed E-state index contributed by atoms with van der Waals surface area (Å²) in [5.74, 6) is 0.996. The monoisotopic (exact) mass is 236 g/mol. The number of fused-ring (bicyclic) bond motifs is 3. The molecule has 2 N–H and O–H groups in total. The number of aliphatic carboxylic acids is 1. The maximum absolute atomic E-state index is 10.7. The highest BCUT2D eigenvalue weighted by Crippen LogP contribution is 2.36. The molecule has 0 bridgehead atoms. The molecule has 3 aliphatic rings. The van der Waals surface area contributed by atoms with E-state index in [-0.39, 0.29) is 6.54 Å². The molecular formula is C12H16N2O3. The van der Waals surface area contributed by atoms with Gasteiger partial charge >= 0.3 is 5.97 Å². The quantitative estimate of drug-likeness (QED) is 0.725. The Morgan fingerprint density at radius 2 is 2.53 bits per heavy atom. The summed E-state index contributed by atoms with van der Waals surface area (Å²) in [5.41, 5.74) is 3.32. The fourth-order valence-electron chi connectivity index (χ4n) is 2.92. The summed E-state index contributed by atoms with van der Waals surface area (Å²) in [7, 11) is 0. The smallest absolute Gasteiger partial charge is 0.319 e. The van der Waals surface area contributed by atoms with E-state index < -0.39 is 5.97 Å². The Bertz CT molecular complexity index is 391. The Morgan fingerprint density at radius 1 is 1.65 bits per heavy atom. The average molecular weight is 236 g/mol. The molecule has 0 spiro atoms. The van der Waals surface area contributed by atoms with Gasteiger partial charge in [-0.25, -0.2) is 5.01 Å². The summed E-state index contributed by atoms with van der Waals surface area (Å²) < 4.78 is 5.74. The van der Waals surface area contributed by atoms with Crippen LogP contribution >= 0.6 is 0 Å². The van der Waals surface area contributed by atoms with Crippen molar-refractivity contribution in [3.05, 3.63) is 24.0 Å². The Morgan fingerprint density at radius 3 is 3.35 bits per heavy atom. The molecule has 3 unspecified atom stereocenters. The lowest BCUT2D eigenvalue weighted by Gasteiger charge is -2.35. The molecule has 3 rings (SSSR count). The number of ether oxygens (including phenoxy) is 1. The number of carboxylic acid groups (broad SMARTS) is 1. The van der Waals surface area contributed by atoms with E-state index >= 15 is 0 Å². The van der Waals surface area contributed by atoms with Gasteiger partial charge in [0.25, 0.3) is 0 Å². The van der Waals surface area contributed by atoms with Crippen LogP contribution in [0, 0.1) is 11.8 Å². The second kappa shape index (κ2) is 4.16. The molecule has 0 aromatic carbocycles. The maximum atomic E-state index is 10.7. The third kappa shape index (κ3) is 1.96. The van der Waals surface area contributed by atoms with E-state index in [1.165, 1.54) is 0 Å². The van der Waals surface area contributed by atoms with Crippen LogP contribution in [0.4, 0.5) is 0 Å². The molecule has 2 fully saturated rings. The number of rotatable bonds is 2. The van der Waals surface area contributed by atoms with Crippen molar-refractivity contribution >= 4 is 5.97 Å². The minimum atomic E-state index is -0.795. The molecule has 17 heavy (non-hydrogen) atoms. The Balaban J connectivity index is 1.72. The molecule has 0 aromatic rings. The highest BCUT2D eigenvalue weighted by Gasteiger charge is 2.43. The summed E-state index contributed by atoms with van der Waals surface area (Å²) >= 11 is 0. The summed E-state index contributed by atoms with van der Waals surface area (Å²) in [6, 6.07) is 0.319. The third-order valence-corrected chi connectivity index (χ3v) is 3.67. The van der Waals surface area contributed by atoms with Gasteiger partial charge in [-0.3, -0.25) is 10.2 Å². The predicted molar refractivity (Wildman–Crippen MR) is 60.9 cm³/mol. The lowest BCUT2D eigenvalue weighted by atomic mass is 9.82. The zero-order chi connectivity index (χ0) is 11.8. The summed E-state index contributed by atoms with van der Waals surface area (Å²) in [4.78, 5) is 10.7. The number of carbonyl (C=O) groups is 1. The fourth-order valence-corrected chi connectivity index (χ4v) is 2.92. The van der Waals surface area contributed by atoms with Gasteiger partial charge in [-0.15, -0.1) is 0 Å². The first-order chi connectivity index (χ1) is 8.24. The first-order valence-electron chi connectivity index (χ1n) is 5.96. The predicted octanol–water partition coefficient (Wildman–Crippen LogP) is 0.366. The van der Waals surface area contributed by atoms with Gasteiger partial charge in [-0.2, -0.15) is 0 Å². The van der Waals surface area contributed by atoms with Gasteiger partial charge in [0.1, 0.15) is 12.3 Å². The van der Waals surface area contributed by atoms with E-state index in [4.69, 9.17) is 9.84 Å². The van der Waals surface area contributed by atoms with Gasteiger partial charge in [0, 0.05) is 24.4 Å². The zero-order valence-corrected chi connectivity index (χ0v) is 9.50. The van der Waals surface area contributed by atoms with Crippen LogP contribution in [0.1, 0.15) is 6.42 Å². The van der Waals surface area contributed by atoms with Crippen molar-refractivity contribution in [2.75, 3.05) is 19.7 Å². The van der Waals surface area contributed by atoms with Crippen molar-refractivity contribution in [3.63, 3.8) is 0 Å². The van der Waals surface area contributed by atoms with Crippen LogP contribution in [0.5, 0.6) is 0 Å². The molecule has 0 saturated carbocycles. The maximum Gasteiger partial charge on any atom is 0.319 e. The second-order valence-electron chi connectivity index (χ2n) is 4.84. The Kier molecular flexibility index (Phi) is 2.64. The van der Waals surface area contributed by atoms with Gasteiger partial charge in [-0.05, 0) is 12.5 Å². The van der Waals surface area contributed by atoms with E-state index in [2.05, 4.69) is 11.5 Å². The Labute approximate surface area is 99.7 Å². The standard InChI is InChI=1S/C12H16N2O3/c15-11(16)6-14-5-8-7-17-10-4-2-1-3-9(10)12(8)13-14/h1-2,4,8-9,12-13H,3,5-7H2,(H,15,16). The minimum absolute atomic E-state index is 0.0502. The Hall–Kier alpha value is -1.33. The third-order valence-electron chi connectivity index (χ3n) is 3.67. The first-order valence-corrected chi connectivity index (χ1v) is 5.96. The van der Waals surface area contributed by atoms with Crippen LogP contribution in [0.15, 0.2) is 24.0 Å². The molecule has 1 aliphatic carbocycles. The van der Waals surface area contributed by atoms with E-state index in [0.717, 1.165) is 18.7 Å². The molecule has 5 nitrogen and oxygen atoms in total. The van der Waals surface area contributed by atoms with E-state index in [1.54, 1.807) is 5.01 Å². The number of carboxylic acids is 1. The van der Waals surface area contributed by atoms with Crippen LogP contribution in [0.25, 0.3) is 0 Å². The topological polar surface area (TPSA) is 61.8 Å². The SMILES string of the molecule is O=C(O)CN1CC2COC3=CC=CCC3C2N1. The van der Waals surface area contributed by atoms with Crippen molar-refractivity contribution in [1.82, 2.24) is 10.4 Å². The van der Waals surface area contributed by atoms with Crippen molar-refractivity contribution < 1.29 is 14.6 Å². The van der Waals surface area contributed by atoms with Gasteiger partial charge < -0.3 is 9.84 Å².